The van der Waals surface area contributed by atoms with Gasteiger partial charge in [0, 0.05) is 11.1 Å². The van der Waals surface area contributed by atoms with Crippen LogP contribution in [0, 0.1) is 0 Å². The van der Waals surface area contributed by atoms with E-state index in [9.17, 15) is 4.79 Å². The molecule has 3 nitrogen and oxygen atoms in total. The minimum atomic E-state index is 0.0256. The summed E-state index contributed by atoms with van der Waals surface area (Å²) in [5.74, 6) is 0.897. The summed E-state index contributed by atoms with van der Waals surface area (Å²) < 4.78 is 0. The van der Waals surface area contributed by atoms with Gasteiger partial charge in [0.15, 0.2) is 5.78 Å². The van der Waals surface area contributed by atoms with Gasteiger partial charge in [0.2, 0.25) is 0 Å². The summed E-state index contributed by atoms with van der Waals surface area (Å²) in [5, 5.41) is 5.17. The fourth-order valence-electron chi connectivity index (χ4n) is 2.55. The number of carbonyl (C=O) groups excluding carboxylic acids is 1. The maximum Gasteiger partial charge on any atom is 0.164 e. The normalized spacial score (nSPS) is 10.7. The molecular formula is C19H18N2OS. The topological polar surface area (TPSA) is 42.0 Å². The van der Waals surface area contributed by atoms with Crippen molar-refractivity contribution in [1.82, 2.24) is 4.98 Å². The van der Waals surface area contributed by atoms with Crippen molar-refractivity contribution in [3.63, 3.8) is 0 Å². The van der Waals surface area contributed by atoms with Crippen molar-refractivity contribution in [1.29, 1.82) is 0 Å². The second-order valence-corrected chi connectivity index (χ2v) is 6.42. The number of carbonyl (C=O) groups is 1. The number of pyridine rings is 1. The van der Waals surface area contributed by atoms with E-state index >= 15 is 0 Å². The number of rotatable bonds is 5. The SMILES string of the molecule is CCSc1nc2ccccc2c(Nc2ccccc2)c1C(C)=O. The standard InChI is InChI=1S/C19H18N2OS/c1-3-23-19-17(13(2)22)18(20-14-9-5-4-6-10-14)15-11-7-8-12-16(15)21-19/h4-12H,3H2,1-2H3,(H,20,21). The maximum absolute atomic E-state index is 12.3. The van der Waals surface area contributed by atoms with Gasteiger partial charge in [0.1, 0.15) is 5.03 Å². The third-order valence-electron chi connectivity index (χ3n) is 3.54. The number of anilines is 2. The van der Waals surface area contributed by atoms with Crippen LogP contribution in [0.3, 0.4) is 0 Å². The largest absolute Gasteiger partial charge is 0.354 e. The van der Waals surface area contributed by atoms with Crippen LogP contribution in [0.4, 0.5) is 11.4 Å². The zero-order valence-electron chi connectivity index (χ0n) is 13.2. The van der Waals surface area contributed by atoms with Crippen molar-refractivity contribution >= 4 is 39.8 Å². The lowest BCUT2D eigenvalue weighted by atomic mass is 10.1. The number of ketones is 1. The van der Waals surface area contributed by atoms with Crippen molar-refractivity contribution in [3.8, 4) is 0 Å². The molecule has 0 atom stereocenters. The highest BCUT2D eigenvalue weighted by molar-refractivity contribution is 7.99. The van der Waals surface area contributed by atoms with Crippen LogP contribution in [0.25, 0.3) is 10.9 Å². The van der Waals surface area contributed by atoms with Crippen molar-refractivity contribution in [2.75, 3.05) is 11.1 Å². The molecule has 0 fully saturated rings. The minimum absolute atomic E-state index is 0.0256. The van der Waals surface area contributed by atoms with Gasteiger partial charge in [-0.2, -0.15) is 0 Å². The fraction of sp³-hybridized carbons (Fsp3) is 0.158. The van der Waals surface area contributed by atoms with Crippen LogP contribution in [0.5, 0.6) is 0 Å². The predicted octanol–water partition coefficient (Wildman–Crippen LogP) is 5.29. The number of fused-ring (bicyclic) bond motifs is 1. The van der Waals surface area contributed by atoms with E-state index in [-0.39, 0.29) is 5.78 Å². The van der Waals surface area contributed by atoms with Crippen LogP contribution < -0.4 is 5.32 Å². The summed E-state index contributed by atoms with van der Waals surface area (Å²) in [7, 11) is 0. The fourth-order valence-corrected chi connectivity index (χ4v) is 3.38. The van der Waals surface area contributed by atoms with Crippen molar-refractivity contribution < 1.29 is 4.79 Å². The molecule has 1 N–H and O–H groups in total. The number of hydrogen-bond acceptors (Lipinski definition) is 4. The van der Waals surface area contributed by atoms with E-state index in [4.69, 9.17) is 4.98 Å². The van der Waals surface area contributed by atoms with Gasteiger partial charge in [-0.1, -0.05) is 43.3 Å². The Balaban J connectivity index is 2.26. The van der Waals surface area contributed by atoms with Gasteiger partial charge in [-0.05, 0) is 30.9 Å². The van der Waals surface area contributed by atoms with Crippen LogP contribution in [0.2, 0.25) is 0 Å². The first-order chi connectivity index (χ1) is 11.2. The second-order valence-electron chi connectivity index (χ2n) is 5.16. The molecular weight excluding hydrogens is 304 g/mol. The number of thioether (sulfide) groups is 1. The molecule has 3 aromatic rings. The number of nitrogens with one attached hydrogen (secondary N) is 1. The first-order valence-electron chi connectivity index (χ1n) is 7.59. The van der Waals surface area contributed by atoms with Gasteiger partial charge in [-0.25, -0.2) is 4.98 Å². The van der Waals surface area contributed by atoms with Gasteiger partial charge in [-0.3, -0.25) is 4.79 Å². The van der Waals surface area contributed by atoms with Gasteiger partial charge in [0.05, 0.1) is 16.8 Å². The number of Topliss-reactive ketones (excluding diaryl/α,β-unsaturated/α-hetero) is 1. The lowest BCUT2D eigenvalue weighted by Crippen LogP contribution is -2.06. The van der Waals surface area contributed by atoms with Crippen molar-refractivity contribution in [2.24, 2.45) is 0 Å². The highest BCUT2D eigenvalue weighted by Crippen LogP contribution is 2.35. The van der Waals surface area contributed by atoms with E-state index in [1.165, 1.54) is 0 Å². The first kappa shape index (κ1) is 15.6. The molecule has 0 amide bonds. The molecule has 4 heteroatoms. The van der Waals surface area contributed by atoms with Crippen LogP contribution in [-0.4, -0.2) is 16.5 Å². The molecule has 23 heavy (non-hydrogen) atoms. The highest BCUT2D eigenvalue weighted by atomic mass is 32.2. The van der Waals surface area contributed by atoms with Gasteiger partial charge >= 0.3 is 0 Å². The van der Waals surface area contributed by atoms with Crippen LogP contribution in [-0.2, 0) is 0 Å². The van der Waals surface area contributed by atoms with Gasteiger partial charge < -0.3 is 5.32 Å². The zero-order chi connectivity index (χ0) is 16.2. The minimum Gasteiger partial charge on any atom is -0.354 e. The molecule has 0 saturated heterocycles. The summed E-state index contributed by atoms with van der Waals surface area (Å²) in [4.78, 5) is 17.0. The Labute approximate surface area is 140 Å². The van der Waals surface area contributed by atoms with Crippen LogP contribution in [0.15, 0.2) is 59.6 Å². The second kappa shape index (κ2) is 6.84. The smallest absolute Gasteiger partial charge is 0.164 e. The molecule has 0 saturated carbocycles. The zero-order valence-corrected chi connectivity index (χ0v) is 14.0. The van der Waals surface area contributed by atoms with E-state index in [0.717, 1.165) is 33.1 Å². The monoisotopic (exact) mass is 322 g/mol. The Morgan fingerprint density at radius 2 is 1.78 bits per heavy atom. The Morgan fingerprint density at radius 3 is 2.48 bits per heavy atom. The quantitative estimate of drug-likeness (QED) is 0.512. The molecule has 116 valence electrons. The number of nitrogens with zero attached hydrogens (tertiary/aromatic N) is 1. The number of aromatic nitrogens is 1. The Bertz CT molecular complexity index is 847. The van der Waals surface area contributed by atoms with Gasteiger partial charge in [-0.15, -0.1) is 11.8 Å². The molecule has 0 aliphatic carbocycles. The molecule has 0 radical (unpaired) electrons. The summed E-state index contributed by atoms with van der Waals surface area (Å²) in [6, 6.07) is 17.8. The lowest BCUT2D eigenvalue weighted by molar-refractivity contribution is 0.101. The molecule has 1 aromatic heterocycles. The molecule has 1 heterocycles. The van der Waals surface area contributed by atoms with E-state index in [1.807, 2.05) is 54.6 Å². The number of hydrogen-bond donors (Lipinski definition) is 1. The lowest BCUT2D eigenvalue weighted by Gasteiger charge is -2.16. The Kier molecular flexibility index (Phi) is 4.63. The van der Waals surface area contributed by atoms with E-state index in [1.54, 1.807) is 18.7 Å². The van der Waals surface area contributed by atoms with E-state index < -0.39 is 0 Å². The van der Waals surface area contributed by atoms with Crippen LogP contribution in [0.1, 0.15) is 24.2 Å². The molecule has 0 aliphatic heterocycles. The average molecular weight is 322 g/mol. The Hall–Kier alpha value is -2.33. The van der Waals surface area contributed by atoms with Crippen molar-refractivity contribution in [3.05, 3.63) is 60.2 Å². The van der Waals surface area contributed by atoms with E-state index in [0.29, 0.717) is 5.56 Å². The molecule has 0 unspecified atom stereocenters. The summed E-state index contributed by atoms with van der Waals surface area (Å²) in [5.41, 5.74) is 3.36. The van der Waals surface area contributed by atoms with Crippen molar-refractivity contribution in [2.45, 2.75) is 18.9 Å². The average Bonchev–Trinajstić information content (AvgIpc) is 2.56. The molecule has 2 aromatic carbocycles. The van der Waals surface area contributed by atoms with Gasteiger partial charge in [0.25, 0.3) is 0 Å². The summed E-state index contributed by atoms with van der Waals surface area (Å²) >= 11 is 1.60. The predicted molar refractivity (Wildman–Crippen MR) is 97.9 cm³/mol. The first-order valence-corrected chi connectivity index (χ1v) is 8.57. The third-order valence-corrected chi connectivity index (χ3v) is 4.39. The molecule has 0 bridgehead atoms. The molecule has 3 rings (SSSR count). The van der Waals surface area contributed by atoms with Crippen LogP contribution >= 0.6 is 11.8 Å². The Morgan fingerprint density at radius 1 is 1.09 bits per heavy atom. The summed E-state index contributed by atoms with van der Waals surface area (Å²) in [6.45, 7) is 3.66. The molecule has 0 aliphatic rings. The number of benzene rings is 2. The summed E-state index contributed by atoms with van der Waals surface area (Å²) in [6.07, 6.45) is 0. The molecule has 0 spiro atoms. The number of para-hydroxylation sites is 2. The third kappa shape index (κ3) is 3.22. The maximum atomic E-state index is 12.3. The highest BCUT2D eigenvalue weighted by Gasteiger charge is 2.18. The van der Waals surface area contributed by atoms with E-state index in [2.05, 4.69) is 12.2 Å².